The van der Waals surface area contributed by atoms with Crippen LogP contribution in [0.4, 0.5) is 5.95 Å². The Bertz CT molecular complexity index is 686. The number of nitrogens with zero attached hydrogens (tertiary/aromatic N) is 4. The van der Waals surface area contributed by atoms with Crippen LogP contribution in [0, 0.1) is 0 Å². The number of hydrogen-bond acceptors (Lipinski definition) is 5. The summed E-state index contributed by atoms with van der Waals surface area (Å²) < 4.78 is 5.25. The van der Waals surface area contributed by atoms with Crippen molar-refractivity contribution in [2.24, 2.45) is 0 Å². The van der Waals surface area contributed by atoms with E-state index in [4.69, 9.17) is 9.72 Å². The fourth-order valence-electron chi connectivity index (χ4n) is 3.48. The second-order valence-electron chi connectivity index (χ2n) is 6.42. The topological polar surface area (TPSA) is 51.1 Å². The summed E-state index contributed by atoms with van der Waals surface area (Å²) in [6.45, 7) is 7.40. The number of anilines is 1. The lowest BCUT2D eigenvalue weighted by molar-refractivity contribution is 0.414. The molecule has 0 amide bonds. The molecular formula is C19H26N4O. The molecule has 0 bridgehead atoms. The van der Waals surface area contributed by atoms with Crippen LogP contribution in [0.5, 0.6) is 5.75 Å². The predicted octanol–water partition coefficient (Wildman–Crippen LogP) is 3.39. The summed E-state index contributed by atoms with van der Waals surface area (Å²) in [7, 11) is 1.70. The molecule has 1 aliphatic heterocycles. The Morgan fingerprint density at radius 2 is 1.79 bits per heavy atom. The van der Waals surface area contributed by atoms with Gasteiger partial charge in [-0.1, -0.05) is 26.0 Å². The highest BCUT2D eigenvalue weighted by Gasteiger charge is 2.32. The van der Waals surface area contributed by atoms with Gasteiger partial charge in [0.05, 0.1) is 18.5 Å². The molecule has 0 N–H and O–H groups in total. The van der Waals surface area contributed by atoms with Crippen LogP contribution < -0.4 is 9.64 Å². The number of aryl methyl sites for hydroxylation is 2. The van der Waals surface area contributed by atoms with E-state index in [9.17, 15) is 0 Å². The fourth-order valence-corrected chi connectivity index (χ4v) is 3.48. The highest BCUT2D eigenvalue weighted by molar-refractivity contribution is 5.39. The maximum Gasteiger partial charge on any atom is 0.245 e. The van der Waals surface area contributed by atoms with E-state index in [2.05, 4.69) is 48.0 Å². The first-order chi connectivity index (χ1) is 11.7. The summed E-state index contributed by atoms with van der Waals surface area (Å²) in [6.07, 6.45) is 2.88. The van der Waals surface area contributed by atoms with Crippen molar-refractivity contribution >= 4 is 5.95 Å². The molecule has 0 aliphatic carbocycles. The van der Waals surface area contributed by atoms with E-state index in [0.717, 1.165) is 48.9 Å². The molecule has 2 unspecified atom stereocenters. The van der Waals surface area contributed by atoms with Crippen molar-refractivity contribution in [1.82, 2.24) is 15.2 Å². The van der Waals surface area contributed by atoms with Crippen LogP contribution in [-0.2, 0) is 12.8 Å². The van der Waals surface area contributed by atoms with Gasteiger partial charge in [-0.2, -0.15) is 5.10 Å². The average Bonchev–Trinajstić information content (AvgIpc) is 3.03. The van der Waals surface area contributed by atoms with Crippen molar-refractivity contribution in [2.75, 3.05) is 18.6 Å². The van der Waals surface area contributed by atoms with E-state index in [1.165, 1.54) is 5.56 Å². The van der Waals surface area contributed by atoms with Crippen molar-refractivity contribution in [3.05, 3.63) is 41.2 Å². The van der Waals surface area contributed by atoms with E-state index in [1.54, 1.807) is 7.11 Å². The molecule has 5 nitrogen and oxygen atoms in total. The monoisotopic (exact) mass is 326 g/mol. The SMILES string of the molecule is CCc1nnc(N2CC(c3ccc(OC)cc3)CC2C)nc1CC. The highest BCUT2D eigenvalue weighted by atomic mass is 16.5. The van der Waals surface area contributed by atoms with Crippen LogP contribution in [-0.4, -0.2) is 34.9 Å². The predicted molar refractivity (Wildman–Crippen MR) is 95.7 cm³/mol. The maximum atomic E-state index is 5.25. The molecule has 0 spiro atoms. The van der Waals surface area contributed by atoms with Crippen LogP contribution in [0.25, 0.3) is 0 Å². The molecule has 2 heterocycles. The van der Waals surface area contributed by atoms with Gasteiger partial charge in [-0.25, -0.2) is 4.98 Å². The summed E-state index contributed by atoms with van der Waals surface area (Å²) >= 11 is 0. The minimum absolute atomic E-state index is 0.413. The zero-order valence-electron chi connectivity index (χ0n) is 15.0. The van der Waals surface area contributed by atoms with Gasteiger partial charge in [0, 0.05) is 18.5 Å². The smallest absolute Gasteiger partial charge is 0.245 e. The first-order valence-corrected chi connectivity index (χ1v) is 8.79. The molecule has 2 atom stereocenters. The average molecular weight is 326 g/mol. The zero-order chi connectivity index (χ0) is 17.1. The molecule has 1 aromatic heterocycles. The van der Waals surface area contributed by atoms with E-state index in [0.29, 0.717) is 12.0 Å². The van der Waals surface area contributed by atoms with Gasteiger partial charge >= 0.3 is 0 Å². The Morgan fingerprint density at radius 3 is 2.42 bits per heavy atom. The molecule has 1 aliphatic rings. The molecule has 24 heavy (non-hydrogen) atoms. The summed E-state index contributed by atoms with van der Waals surface area (Å²) in [5.41, 5.74) is 3.43. The van der Waals surface area contributed by atoms with E-state index in [1.807, 2.05) is 12.1 Å². The van der Waals surface area contributed by atoms with Gasteiger partial charge in [0.1, 0.15) is 5.75 Å². The van der Waals surface area contributed by atoms with E-state index in [-0.39, 0.29) is 0 Å². The Hall–Kier alpha value is -2.17. The molecular weight excluding hydrogens is 300 g/mol. The number of hydrogen-bond donors (Lipinski definition) is 0. The van der Waals surface area contributed by atoms with Crippen molar-refractivity contribution in [2.45, 2.75) is 52.0 Å². The fraction of sp³-hybridized carbons (Fsp3) is 0.526. The summed E-state index contributed by atoms with van der Waals surface area (Å²) in [5, 5.41) is 8.79. The first-order valence-electron chi connectivity index (χ1n) is 8.79. The first kappa shape index (κ1) is 16.7. The van der Waals surface area contributed by atoms with Crippen LogP contribution in [0.1, 0.15) is 50.1 Å². The Morgan fingerprint density at radius 1 is 1.08 bits per heavy atom. The summed E-state index contributed by atoms with van der Waals surface area (Å²) in [5.74, 6) is 2.16. The van der Waals surface area contributed by atoms with Gasteiger partial charge < -0.3 is 9.64 Å². The third kappa shape index (κ3) is 3.21. The minimum atomic E-state index is 0.413. The quantitative estimate of drug-likeness (QED) is 0.843. The molecule has 5 heteroatoms. The molecule has 1 saturated heterocycles. The molecule has 0 radical (unpaired) electrons. The van der Waals surface area contributed by atoms with Crippen LogP contribution in [0.2, 0.25) is 0 Å². The van der Waals surface area contributed by atoms with Crippen LogP contribution in [0.15, 0.2) is 24.3 Å². The lowest BCUT2D eigenvalue weighted by Crippen LogP contribution is -2.29. The van der Waals surface area contributed by atoms with Gasteiger partial charge in [0.25, 0.3) is 0 Å². The third-order valence-electron chi connectivity index (χ3n) is 4.92. The van der Waals surface area contributed by atoms with Crippen LogP contribution in [0.3, 0.4) is 0 Å². The molecule has 0 saturated carbocycles. The van der Waals surface area contributed by atoms with Gasteiger partial charge in [0.15, 0.2) is 0 Å². The largest absolute Gasteiger partial charge is 0.497 e. The standard InChI is InChI=1S/C19H26N4O/c1-5-17-18(6-2)21-22-19(20-17)23-12-15(11-13(23)3)14-7-9-16(24-4)10-8-14/h7-10,13,15H,5-6,11-12H2,1-4H3. The molecule has 1 fully saturated rings. The van der Waals surface area contributed by atoms with Crippen molar-refractivity contribution in [1.29, 1.82) is 0 Å². The zero-order valence-corrected chi connectivity index (χ0v) is 15.0. The number of rotatable bonds is 5. The van der Waals surface area contributed by atoms with Crippen molar-refractivity contribution < 1.29 is 4.74 Å². The third-order valence-corrected chi connectivity index (χ3v) is 4.92. The maximum absolute atomic E-state index is 5.25. The molecule has 1 aromatic carbocycles. The number of methoxy groups -OCH3 is 1. The van der Waals surface area contributed by atoms with Gasteiger partial charge in [-0.05, 0) is 43.9 Å². The minimum Gasteiger partial charge on any atom is -0.497 e. The van der Waals surface area contributed by atoms with Crippen LogP contribution >= 0.6 is 0 Å². The van der Waals surface area contributed by atoms with Gasteiger partial charge in [-0.3, -0.25) is 0 Å². The molecule has 128 valence electrons. The summed E-state index contributed by atoms with van der Waals surface area (Å²) in [4.78, 5) is 7.07. The second kappa shape index (κ2) is 7.16. The number of benzene rings is 1. The molecule has 3 rings (SSSR count). The van der Waals surface area contributed by atoms with Gasteiger partial charge in [-0.15, -0.1) is 5.10 Å². The lowest BCUT2D eigenvalue weighted by atomic mass is 9.97. The van der Waals surface area contributed by atoms with Crippen molar-refractivity contribution in [3.63, 3.8) is 0 Å². The highest BCUT2D eigenvalue weighted by Crippen LogP contribution is 2.34. The molecule has 2 aromatic rings. The Kier molecular flexibility index (Phi) is 4.97. The van der Waals surface area contributed by atoms with Crippen molar-refractivity contribution in [3.8, 4) is 5.75 Å². The van der Waals surface area contributed by atoms with E-state index >= 15 is 0 Å². The number of ether oxygens (including phenoxy) is 1. The van der Waals surface area contributed by atoms with Gasteiger partial charge in [0.2, 0.25) is 5.95 Å². The van der Waals surface area contributed by atoms with E-state index < -0.39 is 0 Å². The lowest BCUT2D eigenvalue weighted by Gasteiger charge is -2.21. The number of aromatic nitrogens is 3. The normalized spacial score (nSPS) is 20.4. The Balaban J connectivity index is 1.80. The second-order valence-corrected chi connectivity index (χ2v) is 6.42. The Labute approximate surface area is 144 Å². The summed E-state index contributed by atoms with van der Waals surface area (Å²) in [6, 6.07) is 8.81.